The molecule has 118 valence electrons. The Morgan fingerprint density at radius 3 is 2.33 bits per heavy atom. The Morgan fingerprint density at radius 2 is 1.90 bits per heavy atom. The van der Waals surface area contributed by atoms with Crippen molar-refractivity contribution in [3.63, 3.8) is 0 Å². The third-order valence-corrected chi connectivity index (χ3v) is 5.60. The van der Waals surface area contributed by atoms with Gasteiger partial charge >= 0.3 is 0 Å². The molecule has 0 aromatic carbocycles. The lowest BCUT2D eigenvalue weighted by Gasteiger charge is -2.22. The van der Waals surface area contributed by atoms with Gasteiger partial charge in [-0.2, -0.15) is 8.42 Å². The van der Waals surface area contributed by atoms with E-state index >= 15 is 0 Å². The lowest BCUT2D eigenvalue weighted by molar-refractivity contribution is -0.130. The van der Waals surface area contributed by atoms with E-state index < -0.39 is 39.5 Å². The molecule has 21 heavy (non-hydrogen) atoms. The van der Waals surface area contributed by atoms with E-state index in [9.17, 15) is 18.0 Å². The Balaban J connectivity index is 2.03. The van der Waals surface area contributed by atoms with Crippen molar-refractivity contribution in [1.29, 1.82) is 0 Å². The molecule has 8 heteroatoms. The SMILES string of the molecule is CC(C(N)=O)C(CS(=O)(=O)OC1CC2C=CC1C2)C(N)=O. The van der Waals surface area contributed by atoms with E-state index in [4.69, 9.17) is 15.7 Å². The van der Waals surface area contributed by atoms with Crippen molar-refractivity contribution in [3.05, 3.63) is 12.2 Å². The first-order valence-electron chi connectivity index (χ1n) is 6.87. The smallest absolute Gasteiger partial charge is 0.268 e. The molecule has 0 spiro atoms. The molecule has 0 aromatic rings. The molecule has 7 nitrogen and oxygen atoms in total. The number of nitrogens with two attached hydrogens (primary N) is 2. The Kier molecular flexibility index (Phi) is 4.38. The van der Waals surface area contributed by atoms with Gasteiger partial charge in [0.25, 0.3) is 10.1 Å². The Labute approximate surface area is 123 Å². The van der Waals surface area contributed by atoms with E-state index in [0.717, 1.165) is 6.42 Å². The zero-order valence-corrected chi connectivity index (χ0v) is 12.6. The van der Waals surface area contributed by atoms with Gasteiger partial charge in [-0.25, -0.2) is 0 Å². The zero-order valence-electron chi connectivity index (χ0n) is 11.8. The Hall–Kier alpha value is -1.41. The van der Waals surface area contributed by atoms with Crippen molar-refractivity contribution in [2.45, 2.75) is 25.9 Å². The van der Waals surface area contributed by atoms with Crippen LogP contribution in [0.2, 0.25) is 0 Å². The number of rotatable bonds is 7. The van der Waals surface area contributed by atoms with Gasteiger partial charge in [-0.05, 0) is 18.8 Å². The van der Waals surface area contributed by atoms with Gasteiger partial charge in [0.2, 0.25) is 11.8 Å². The number of amides is 2. The normalized spacial score (nSPS) is 30.2. The van der Waals surface area contributed by atoms with Crippen LogP contribution < -0.4 is 11.5 Å². The number of carbonyl (C=O) groups excluding carboxylic acids is 2. The summed E-state index contributed by atoms with van der Waals surface area (Å²) in [7, 11) is -3.95. The van der Waals surface area contributed by atoms with E-state index in [2.05, 4.69) is 6.08 Å². The standard InChI is InChI=1S/C13H20N2O5S/c1-7(12(14)16)10(13(15)17)6-21(18,19)20-11-5-8-2-3-9(11)4-8/h2-3,7-11H,4-6H2,1H3,(H2,14,16)(H2,15,17). The summed E-state index contributed by atoms with van der Waals surface area (Å²) in [6, 6.07) is 0. The minimum atomic E-state index is -3.95. The minimum Gasteiger partial charge on any atom is -0.369 e. The molecule has 0 saturated heterocycles. The third kappa shape index (κ3) is 3.62. The lowest BCUT2D eigenvalue weighted by Crippen LogP contribution is -2.41. The molecule has 0 heterocycles. The summed E-state index contributed by atoms with van der Waals surface area (Å²) in [6.07, 6.45) is 5.21. The van der Waals surface area contributed by atoms with Crippen LogP contribution in [0.15, 0.2) is 12.2 Å². The second-order valence-electron chi connectivity index (χ2n) is 5.84. The molecule has 2 aliphatic carbocycles. The van der Waals surface area contributed by atoms with Crippen LogP contribution in [0.5, 0.6) is 0 Å². The lowest BCUT2D eigenvalue weighted by atomic mass is 9.95. The molecule has 5 atom stereocenters. The summed E-state index contributed by atoms with van der Waals surface area (Å²) in [6.45, 7) is 1.38. The zero-order chi connectivity index (χ0) is 15.8. The minimum absolute atomic E-state index is 0.102. The predicted molar refractivity (Wildman–Crippen MR) is 75.1 cm³/mol. The number of carbonyl (C=O) groups is 2. The number of hydrogen-bond acceptors (Lipinski definition) is 5. The Bertz CT molecular complexity index is 571. The molecule has 2 bridgehead atoms. The molecule has 2 rings (SSSR count). The topological polar surface area (TPSA) is 130 Å². The third-order valence-electron chi connectivity index (χ3n) is 4.29. The van der Waals surface area contributed by atoms with Gasteiger partial charge in [0.05, 0.1) is 17.8 Å². The summed E-state index contributed by atoms with van der Waals surface area (Å²) in [5.74, 6) is -3.93. The first kappa shape index (κ1) is 16.0. The molecule has 2 aliphatic rings. The molecule has 1 fully saturated rings. The molecule has 2 amide bonds. The average Bonchev–Trinajstić information content (AvgIpc) is 2.96. The van der Waals surface area contributed by atoms with Gasteiger partial charge < -0.3 is 11.5 Å². The maximum atomic E-state index is 12.1. The van der Waals surface area contributed by atoms with E-state index in [1.54, 1.807) is 0 Å². The van der Waals surface area contributed by atoms with Crippen LogP contribution in [0, 0.1) is 23.7 Å². The fourth-order valence-corrected chi connectivity index (χ4v) is 4.53. The highest BCUT2D eigenvalue weighted by molar-refractivity contribution is 7.86. The number of hydrogen-bond donors (Lipinski definition) is 2. The molecule has 5 unspecified atom stereocenters. The van der Waals surface area contributed by atoms with Crippen molar-refractivity contribution in [2.24, 2.45) is 35.1 Å². The van der Waals surface area contributed by atoms with Crippen LogP contribution in [0.25, 0.3) is 0 Å². The first-order valence-corrected chi connectivity index (χ1v) is 8.45. The van der Waals surface area contributed by atoms with Gasteiger partial charge in [-0.15, -0.1) is 0 Å². The predicted octanol–water partition coefficient (Wildman–Crippen LogP) is -0.480. The molecule has 4 N–H and O–H groups in total. The van der Waals surface area contributed by atoms with Gasteiger partial charge in [0.1, 0.15) is 0 Å². The highest BCUT2D eigenvalue weighted by Crippen LogP contribution is 2.41. The van der Waals surface area contributed by atoms with Crippen molar-refractivity contribution < 1.29 is 22.2 Å². The summed E-state index contributed by atoms with van der Waals surface area (Å²) in [4.78, 5) is 22.5. The average molecular weight is 316 g/mol. The Morgan fingerprint density at radius 1 is 1.24 bits per heavy atom. The first-order chi connectivity index (χ1) is 9.69. The number of primary amides is 2. The maximum absolute atomic E-state index is 12.1. The second kappa shape index (κ2) is 5.76. The quantitative estimate of drug-likeness (QED) is 0.484. The largest absolute Gasteiger partial charge is 0.369 e. The van der Waals surface area contributed by atoms with Crippen LogP contribution in [-0.4, -0.2) is 32.1 Å². The summed E-state index contributed by atoms with van der Waals surface area (Å²) >= 11 is 0. The van der Waals surface area contributed by atoms with Crippen molar-refractivity contribution >= 4 is 21.9 Å². The summed E-state index contributed by atoms with van der Waals surface area (Å²) < 4.78 is 29.4. The summed E-state index contributed by atoms with van der Waals surface area (Å²) in [5, 5.41) is 0. The van der Waals surface area contributed by atoms with Gasteiger partial charge in [-0.3, -0.25) is 13.8 Å². The monoisotopic (exact) mass is 316 g/mol. The molecule has 1 saturated carbocycles. The highest BCUT2D eigenvalue weighted by Gasteiger charge is 2.40. The summed E-state index contributed by atoms with van der Waals surface area (Å²) in [5.41, 5.74) is 10.3. The van der Waals surface area contributed by atoms with Gasteiger partial charge in [-0.1, -0.05) is 19.1 Å². The fourth-order valence-electron chi connectivity index (χ4n) is 2.96. The van der Waals surface area contributed by atoms with Crippen LogP contribution in [-0.2, 0) is 23.9 Å². The van der Waals surface area contributed by atoms with Gasteiger partial charge in [0, 0.05) is 11.8 Å². The van der Waals surface area contributed by atoms with E-state index in [1.807, 2.05) is 6.08 Å². The molecular formula is C13H20N2O5S. The maximum Gasteiger partial charge on any atom is 0.268 e. The fraction of sp³-hybridized carbons (Fsp3) is 0.692. The van der Waals surface area contributed by atoms with E-state index in [-0.39, 0.29) is 12.0 Å². The van der Waals surface area contributed by atoms with Crippen LogP contribution >= 0.6 is 0 Å². The van der Waals surface area contributed by atoms with Gasteiger partial charge in [0.15, 0.2) is 0 Å². The second-order valence-corrected chi connectivity index (χ2v) is 7.48. The van der Waals surface area contributed by atoms with Crippen molar-refractivity contribution in [1.82, 2.24) is 0 Å². The number of fused-ring (bicyclic) bond motifs is 2. The number of allylic oxidation sites excluding steroid dienone is 1. The van der Waals surface area contributed by atoms with Crippen molar-refractivity contribution in [2.75, 3.05) is 5.75 Å². The van der Waals surface area contributed by atoms with Crippen molar-refractivity contribution in [3.8, 4) is 0 Å². The molecular weight excluding hydrogens is 296 g/mol. The van der Waals surface area contributed by atoms with Crippen LogP contribution in [0.3, 0.4) is 0 Å². The van der Waals surface area contributed by atoms with Crippen LogP contribution in [0.4, 0.5) is 0 Å². The van der Waals surface area contributed by atoms with E-state index in [0.29, 0.717) is 12.3 Å². The highest BCUT2D eigenvalue weighted by atomic mass is 32.2. The van der Waals surface area contributed by atoms with E-state index in [1.165, 1.54) is 6.92 Å². The molecule has 0 aliphatic heterocycles. The molecule has 0 aromatic heterocycles. The molecule has 0 radical (unpaired) electrons. The van der Waals surface area contributed by atoms with Crippen LogP contribution in [0.1, 0.15) is 19.8 Å².